The molecule has 0 saturated carbocycles. The lowest BCUT2D eigenvalue weighted by atomic mass is 10.0. The van der Waals surface area contributed by atoms with Crippen molar-refractivity contribution < 1.29 is 4.52 Å². The highest BCUT2D eigenvalue weighted by atomic mass is 79.9. The van der Waals surface area contributed by atoms with Crippen LogP contribution in [0.15, 0.2) is 33.3 Å². The van der Waals surface area contributed by atoms with E-state index >= 15 is 0 Å². The smallest absolute Gasteiger partial charge is 0.137 e. The zero-order valence-corrected chi connectivity index (χ0v) is 12.0. The second-order valence-corrected chi connectivity index (χ2v) is 5.22. The van der Waals surface area contributed by atoms with Gasteiger partial charge in [0.15, 0.2) is 0 Å². The van der Waals surface area contributed by atoms with Gasteiger partial charge in [-0.25, -0.2) is 0 Å². The molecule has 16 heavy (non-hydrogen) atoms. The van der Waals surface area contributed by atoms with Crippen LogP contribution in [0.25, 0.3) is 11.3 Å². The predicted molar refractivity (Wildman–Crippen MR) is 71.9 cm³/mol. The van der Waals surface area contributed by atoms with Gasteiger partial charge in [0.05, 0.1) is 0 Å². The molecule has 1 heterocycles. The highest BCUT2D eigenvalue weighted by Gasteiger charge is 2.13. The molecule has 1 aromatic carbocycles. The predicted octanol–water partition coefficient (Wildman–Crippen LogP) is 4.35. The van der Waals surface area contributed by atoms with Gasteiger partial charge in [0.2, 0.25) is 0 Å². The Morgan fingerprint density at radius 1 is 1.25 bits per heavy atom. The second kappa shape index (κ2) is 5.15. The Balaban J connectivity index is 2.43. The number of rotatable bonds is 3. The Bertz CT molecular complexity index is 476. The summed E-state index contributed by atoms with van der Waals surface area (Å²) in [6, 6.07) is 8.10. The molecule has 0 radical (unpaired) electrons. The lowest BCUT2D eigenvalue weighted by Gasteiger charge is -2.00. The van der Waals surface area contributed by atoms with Crippen molar-refractivity contribution in [1.29, 1.82) is 0 Å². The number of aryl methyl sites for hydroxylation is 1. The maximum absolute atomic E-state index is 5.25. The zero-order chi connectivity index (χ0) is 11.5. The molecule has 84 valence electrons. The van der Waals surface area contributed by atoms with E-state index in [9.17, 15) is 0 Å². The van der Waals surface area contributed by atoms with Gasteiger partial charge < -0.3 is 4.52 Å². The fourth-order valence-corrected chi connectivity index (χ4v) is 2.28. The molecule has 1 aromatic heterocycles. The largest absolute Gasteiger partial charge is 0.361 e. The highest BCUT2D eigenvalue weighted by Crippen LogP contribution is 2.27. The van der Waals surface area contributed by atoms with Crippen molar-refractivity contribution >= 4 is 31.9 Å². The van der Waals surface area contributed by atoms with Crippen LogP contribution in [0.1, 0.15) is 11.3 Å². The molecule has 0 aliphatic carbocycles. The Morgan fingerprint density at radius 3 is 2.56 bits per heavy atom. The van der Waals surface area contributed by atoms with E-state index in [-0.39, 0.29) is 0 Å². The fourth-order valence-electron chi connectivity index (χ4n) is 1.61. The monoisotopic (exact) mass is 343 g/mol. The topological polar surface area (TPSA) is 26.0 Å². The van der Waals surface area contributed by atoms with Crippen molar-refractivity contribution in [3.63, 3.8) is 0 Å². The lowest BCUT2D eigenvalue weighted by molar-refractivity contribution is 0.398. The molecule has 0 atom stereocenters. The first-order chi connectivity index (χ1) is 7.72. The summed E-state index contributed by atoms with van der Waals surface area (Å²) in [5.41, 5.74) is 3.22. The minimum atomic E-state index is 0.900. The third-order valence-electron chi connectivity index (χ3n) is 2.45. The van der Waals surface area contributed by atoms with Crippen LogP contribution >= 0.6 is 31.9 Å². The quantitative estimate of drug-likeness (QED) is 0.773. The average molecular weight is 345 g/mol. The molecular weight excluding hydrogens is 334 g/mol. The molecule has 2 rings (SSSR count). The van der Waals surface area contributed by atoms with E-state index in [4.69, 9.17) is 4.52 Å². The molecule has 0 bridgehead atoms. The van der Waals surface area contributed by atoms with Crippen molar-refractivity contribution in [3.05, 3.63) is 40.1 Å². The lowest BCUT2D eigenvalue weighted by Crippen LogP contribution is -1.90. The number of benzene rings is 1. The first-order valence-electron chi connectivity index (χ1n) is 4.99. The summed E-state index contributed by atoms with van der Waals surface area (Å²) in [6.45, 7) is 1.95. The van der Waals surface area contributed by atoms with E-state index in [0.29, 0.717) is 0 Å². The third-order valence-corrected chi connectivity index (χ3v) is 3.37. The van der Waals surface area contributed by atoms with Gasteiger partial charge in [0.1, 0.15) is 11.5 Å². The summed E-state index contributed by atoms with van der Waals surface area (Å²) in [6.07, 6.45) is 0.931. The molecule has 0 unspecified atom stereocenters. The van der Waals surface area contributed by atoms with Crippen molar-refractivity contribution in [1.82, 2.24) is 5.16 Å². The molecular formula is C12H11Br2NO. The normalized spacial score (nSPS) is 10.7. The van der Waals surface area contributed by atoms with Crippen molar-refractivity contribution in [2.75, 3.05) is 5.33 Å². The van der Waals surface area contributed by atoms with Gasteiger partial charge in [-0.1, -0.05) is 49.1 Å². The zero-order valence-electron chi connectivity index (χ0n) is 8.84. The summed E-state index contributed by atoms with van der Waals surface area (Å²) >= 11 is 6.87. The van der Waals surface area contributed by atoms with Crippen molar-refractivity contribution in [3.8, 4) is 11.3 Å². The summed E-state index contributed by atoms with van der Waals surface area (Å²) in [5.74, 6) is 0.900. The van der Waals surface area contributed by atoms with Crippen LogP contribution in [-0.4, -0.2) is 10.5 Å². The number of nitrogens with zero attached hydrogens (tertiary/aromatic N) is 1. The van der Waals surface area contributed by atoms with Crippen LogP contribution in [0.3, 0.4) is 0 Å². The highest BCUT2D eigenvalue weighted by molar-refractivity contribution is 9.10. The number of halogens is 2. The summed E-state index contributed by atoms with van der Waals surface area (Å²) in [7, 11) is 0. The van der Waals surface area contributed by atoms with E-state index in [2.05, 4.69) is 37.0 Å². The van der Waals surface area contributed by atoms with Crippen LogP contribution in [0.2, 0.25) is 0 Å². The molecule has 2 aromatic rings. The number of aromatic nitrogens is 1. The van der Waals surface area contributed by atoms with Crippen molar-refractivity contribution in [2.24, 2.45) is 0 Å². The van der Waals surface area contributed by atoms with Gasteiger partial charge in [-0.2, -0.15) is 0 Å². The fraction of sp³-hybridized carbons (Fsp3) is 0.250. The Morgan fingerprint density at radius 2 is 1.94 bits per heavy atom. The van der Waals surface area contributed by atoms with Crippen molar-refractivity contribution in [2.45, 2.75) is 13.3 Å². The standard InChI is InChI=1S/C12H11Br2NO/c1-8-11(6-7-13)12(15-16-8)9-2-4-10(14)5-3-9/h2-5H,6-7H2,1H3. The molecule has 0 aliphatic heterocycles. The van der Waals surface area contributed by atoms with E-state index in [1.54, 1.807) is 0 Å². The summed E-state index contributed by atoms with van der Waals surface area (Å²) < 4.78 is 6.32. The first kappa shape index (κ1) is 11.9. The Labute approximate surface area is 111 Å². The second-order valence-electron chi connectivity index (χ2n) is 3.51. The van der Waals surface area contributed by atoms with Crippen LogP contribution < -0.4 is 0 Å². The average Bonchev–Trinajstić information content (AvgIpc) is 2.63. The van der Waals surface area contributed by atoms with Gasteiger partial charge in [0.25, 0.3) is 0 Å². The summed E-state index contributed by atoms with van der Waals surface area (Å²) in [5, 5.41) is 5.04. The third kappa shape index (κ3) is 2.38. The molecule has 0 spiro atoms. The summed E-state index contributed by atoms with van der Waals surface area (Å²) in [4.78, 5) is 0. The van der Waals surface area contributed by atoms with Gasteiger partial charge in [-0.05, 0) is 25.5 Å². The molecule has 0 fully saturated rings. The van der Waals surface area contributed by atoms with E-state index < -0.39 is 0 Å². The Hall–Kier alpha value is -0.610. The van der Waals surface area contributed by atoms with Gasteiger partial charge in [-0.15, -0.1) is 0 Å². The first-order valence-corrected chi connectivity index (χ1v) is 6.91. The molecule has 0 N–H and O–H groups in total. The maximum atomic E-state index is 5.25. The minimum absolute atomic E-state index is 0.900. The van der Waals surface area contributed by atoms with Gasteiger partial charge >= 0.3 is 0 Å². The van der Waals surface area contributed by atoms with E-state index in [1.165, 1.54) is 5.56 Å². The van der Waals surface area contributed by atoms with Crippen LogP contribution in [0.4, 0.5) is 0 Å². The molecule has 0 amide bonds. The van der Waals surface area contributed by atoms with E-state index in [0.717, 1.165) is 33.2 Å². The molecule has 2 nitrogen and oxygen atoms in total. The molecule has 4 heteroatoms. The van der Waals surface area contributed by atoms with Gasteiger partial charge in [0, 0.05) is 20.9 Å². The number of alkyl halides is 1. The number of hydrogen-bond donors (Lipinski definition) is 0. The van der Waals surface area contributed by atoms with Crippen LogP contribution in [0.5, 0.6) is 0 Å². The SMILES string of the molecule is Cc1onc(-c2ccc(Br)cc2)c1CCBr. The molecule has 0 saturated heterocycles. The Kier molecular flexibility index (Phi) is 3.82. The maximum Gasteiger partial charge on any atom is 0.137 e. The van der Waals surface area contributed by atoms with Crippen LogP contribution in [-0.2, 0) is 6.42 Å². The van der Waals surface area contributed by atoms with E-state index in [1.807, 2.05) is 31.2 Å². The van der Waals surface area contributed by atoms with Gasteiger partial charge in [-0.3, -0.25) is 0 Å². The van der Waals surface area contributed by atoms with Crippen LogP contribution in [0, 0.1) is 6.92 Å². The molecule has 0 aliphatic rings. The number of hydrogen-bond acceptors (Lipinski definition) is 2. The minimum Gasteiger partial charge on any atom is -0.361 e.